The fraction of sp³-hybridized carbons (Fsp3) is 0.316. The number of aryl methyl sites for hydroxylation is 1. The second-order valence-electron chi connectivity index (χ2n) is 12.7. The number of pyridine rings is 1. The summed E-state index contributed by atoms with van der Waals surface area (Å²) in [5.74, 6) is -0.731. The molecule has 3 aliphatic rings. The minimum Gasteiger partial charge on any atom is -0.488 e. The van der Waals surface area contributed by atoms with Crippen molar-refractivity contribution in [3.63, 3.8) is 0 Å². The zero-order valence-electron chi connectivity index (χ0n) is 27.7. The number of amides is 3. The summed E-state index contributed by atoms with van der Waals surface area (Å²) in [6, 6.07) is 18.2. The number of hydrogen-bond acceptors (Lipinski definition) is 8. The molecular formula is C38H38FN5O6. The van der Waals surface area contributed by atoms with Gasteiger partial charge in [0.05, 0.1) is 24.8 Å². The zero-order valence-corrected chi connectivity index (χ0v) is 27.7. The second kappa shape index (κ2) is 14.6. The molecule has 4 aromatic rings. The smallest absolute Gasteiger partial charge is 0.258 e. The molecule has 12 heteroatoms. The normalized spacial score (nSPS) is 19.7. The van der Waals surface area contributed by atoms with E-state index < -0.39 is 23.9 Å². The van der Waals surface area contributed by atoms with E-state index in [9.17, 15) is 18.8 Å². The van der Waals surface area contributed by atoms with Gasteiger partial charge in [0.1, 0.15) is 23.4 Å². The molecule has 0 spiro atoms. The maximum absolute atomic E-state index is 14.8. The monoisotopic (exact) mass is 679 g/mol. The Kier molecular flexibility index (Phi) is 9.61. The van der Waals surface area contributed by atoms with Crippen LogP contribution in [0, 0.1) is 12.7 Å². The number of halogens is 1. The molecule has 50 heavy (non-hydrogen) atoms. The average molecular weight is 680 g/mol. The number of morpholine rings is 1. The van der Waals surface area contributed by atoms with Crippen LogP contribution < -0.4 is 25.0 Å². The number of rotatable bonds is 2. The van der Waals surface area contributed by atoms with Crippen LogP contribution in [-0.2, 0) is 16.1 Å². The third kappa shape index (κ3) is 7.55. The van der Waals surface area contributed by atoms with Crippen molar-refractivity contribution in [2.75, 3.05) is 50.9 Å². The van der Waals surface area contributed by atoms with E-state index in [1.165, 1.54) is 18.3 Å². The summed E-state index contributed by atoms with van der Waals surface area (Å²) in [7, 11) is 0. The lowest BCUT2D eigenvalue weighted by molar-refractivity contribution is -0.123. The van der Waals surface area contributed by atoms with E-state index in [0.717, 1.165) is 29.9 Å². The Balaban J connectivity index is 1.17. The molecule has 0 unspecified atom stereocenters. The lowest BCUT2D eigenvalue weighted by atomic mass is 9.99. The lowest BCUT2D eigenvalue weighted by Gasteiger charge is -2.39. The van der Waals surface area contributed by atoms with Crippen LogP contribution in [0.5, 0.6) is 11.5 Å². The van der Waals surface area contributed by atoms with Crippen LogP contribution >= 0.6 is 0 Å². The van der Waals surface area contributed by atoms with Crippen molar-refractivity contribution < 1.29 is 33.0 Å². The van der Waals surface area contributed by atoms with Crippen LogP contribution in [0.2, 0.25) is 0 Å². The van der Waals surface area contributed by atoms with Crippen LogP contribution in [0.1, 0.15) is 38.3 Å². The van der Waals surface area contributed by atoms with E-state index in [1.54, 1.807) is 41.4 Å². The Hall–Kier alpha value is -5.49. The molecule has 6 bridgehead atoms. The van der Waals surface area contributed by atoms with Gasteiger partial charge in [-0.3, -0.25) is 19.4 Å². The number of benzene rings is 3. The van der Waals surface area contributed by atoms with Gasteiger partial charge < -0.3 is 34.6 Å². The molecule has 2 saturated heterocycles. The molecular weight excluding hydrogens is 641 g/mol. The SMILES string of the molecule is Cc1cc(C(=O)N2CC[C@@H]3Oc4cc(F)cc(c4)CNC(=O)COc4cccc(c4)-c4cncc(c4)C(=O)N[C@@H]3C2)ccc1N1CCOCC1. The van der Waals surface area contributed by atoms with Crippen LogP contribution in [-0.4, -0.2) is 85.8 Å². The molecule has 1 aromatic heterocycles. The van der Waals surface area contributed by atoms with Crippen molar-refractivity contribution in [2.24, 2.45) is 0 Å². The predicted octanol–water partition coefficient (Wildman–Crippen LogP) is 4.13. The van der Waals surface area contributed by atoms with Crippen molar-refractivity contribution in [3.8, 4) is 22.6 Å². The predicted molar refractivity (Wildman–Crippen MR) is 184 cm³/mol. The molecule has 7 rings (SSSR count). The molecule has 258 valence electrons. The first-order valence-corrected chi connectivity index (χ1v) is 16.7. The van der Waals surface area contributed by atoms with E-state index in [-0.39, 0.29) is 37.3 Å². The maximum atomic E-state index is 14.8. The summed E-state index contributed by atoms with van der Waals surface area (Å²) in [5.41, 5.74) is 4.88. The number of ether oxygens (including phenoxy) is 3. The number of nitrogens with zero attached hydrogens (tertiary/aromatic N) is 3. The van der Waals surface area contributed by atoms with Crippen LogP contribution in [0.4, 0.5) is 10.1 Å². The highest BCUT2D eigenvalue weighted by Gasteiger charge is 2.35. The van der Waals surface area contributed by atoms with Crippen LogP contribution in [0.25, 0.3) is 11.1 Å². The highest BCUT2D eigenvalue weighted by molar-refractivity contribution is 5.96. The summed E-state index contributed by atoms with van der Waals surface area (Å²) in [5, 5.41) is 5.85. The number of piperidine rings is 1. The van der Waals surface area contributed by atoms with Crippen molar-refractivity contribution in [2.45, 2.75) is 32.0 Å². The standard InChI is InChI=1S/C38H38FN5O6/c1-24-13-27(5-6-34(24)43-9-11-48-12-10-43)38(47)44-8-7-35-33(22-44)42-37(46)29-16-28(20-40-21-29)26-3-2-4-31(17-26)49-23-36(45)41-19-25-14-30(39)18-32(15-25)50-35/h2-6,13-18,20-21,33,35H,7-12,19,22-23H2,1H3,(H,41,45)(H,42,46)/t33-,35+/m1/s1. The van der Waals surface area contributed by atoms with E-state index in [1.807, 2.05) is 31.2 Å². The summed E-state index contributed by atoms with van der Waals surface area (Å²) in [6.45, 7) is 5.28. The van der Waals surface area contributed by atoms with Crippen LogP contribution in [0.3, 0.4) is 0 Å². The van der Waals surface area contributed by atoms with Crippen molar-refractivity contribution in [1.29, 1.82) is 0 Å². The molecule has 11 nitrogen and oxygen atoms in total. The lowest BCUT2D eigenvalue weighted by Crippen LogP contribution is -2.58. The molecule has 0 aliphatic carbocycles. The largest absolute Gasteiger partial charge is 0.488 e. The van der Waals surface area contributed by atoms with Gasteiger partial charge in [0.25, 0.3) is 17.7 Å². The minimum atomic E-state index is -0.636. The number of fused-ring (bicyclic) bond motifs is 8. The van der Waals surface area contributed by atoms with Gasteiger partial charge in [0.2, 0.25) is 0 Å². The molecule has 3 aliphatic heterocycles. The first kappa shape index (κ1) is 33.0. The second-order valence-corrected chi connectivity index (χ2v) is 12.7. The molecule has 3 amide bonds. The summed E-state index contributed by atoms with van der Waals surface area (Å²) < 4.78 is 32.3. The summed E-state index contributed by atoms with van der Waals surface area (Å²) in [4.78, 5) is 48.6. The minimum absolute atomic E-state index is 0.0602. The number of anilines is 1. The number of nitrogens with one attached hydrogen (secondary N) is 2. The molecule has 0 radical (unpaired) electrons. The number of hydrogen-bond donors (Lipinski definition) is 2. The zero-order chi connectivity index (χ0) is 34.6. The average Bonchev–Trinajstić information content (AvgIpc) is 3.13. The number of aromatic nitrogens is 1. The first-order chi connectivity index (χ1) is 24.3. The first-order valence-electron chi connectivity index (χ1n) is 16.7. The Morgan fingerprint density at radius 2 is 1.76 bits per heavy atom. The third-order valence-electron chi connectivity index (χ3n) is 9.19. The molecule has 0 saturated carbocycles. The van der Waals surface area contributed by atoms with Gasteiger partial charge in [0, 0.05) is 74.4 Å². The molecule has 2 atom stereocenters. The fourth-order valence-corrected chi connectivity index (χ4v) is 6.63. The Morgan fingerprint density at radius 1 is 0.920 bits per heavy atom. The van der Waals surface area contributed by atoms with Crippen molar-refractivity contribution in [3.05, 3.63) is 107 Å². The Bertz CT molecular complexity index is 1910. The highest BCUT2D eigenvalue weighted by atomic mass is 19.1. The number of carbonyl (C=O) groups excluding carboxylic acids is 3. The Morgan fingerprint density at radius 3 is 2.60 bits per heavy atom. The molecule has 3 aromatic carbocycles. The van der Waals surface area contributed by atoms with E-state index in [4.69, 9.17) is 14.2 Å². The van der Waals surface area contributed by atoms with Gasteiger partial charge >= 0.3 is 0 Å². The molecule has 4 heterocycles. The summed E-state index contributed by atoms with van der Waals surface area (Å²) >= 11 is 0. The van der Waals surface area contributed by atoms with E-state index >= 15 is 0 Å². The number of likely N-dealkylation sites (tertiary alicyclic amines) is 1. The third-order valence-corrected chi connectivity index (χ3v) is 9.19. The molecule has 2 N–H and O–H groups in total. The number of carbonyl (C=O) groups is 3. The van der Waals surface area contributed by atoms with Gasteiger partial charge in [0.15, 0.2) is 6.61 Å². The maximum Gasteiger partial charge on any atom is 0.258 e. The fourth-order valence-electron chi connectivity index (χ4n) is 6.63. The van der Waals surface area contributed by atoms with Gasteiger partial charge in [-0.15, -0.1) is 0 Å². The Labute approximate surface area is 289 Å². The van der Waals surface area contributed by atoms with Gasteiger partial charge in [-0.25, -0.2) is 4.39 Å². The van der Waals surface area contributed by atoms with Crippen LogP contribution in [0.15, 0.2) is 79.1 Å². The van der Waals surface area contributed by atoms with Crippen molar-refractivity contribution >= 4 is 23.4 Å². The van der Waals surface area contributed by atoms with E-state index in [2.05, 4.69) is 20.5 Å². The quantitative estimate of drug-likeness (QED) is 0.325. The van der Waals surface area contributed by atoms with Crippen molar-refractivity contribution in [1.82, 2.24) is 20.5 Å². The highest BCUT2D eigenvalue weighted by Crippen LogP contribution is 2.28. The van der Waals surface area contributed by atoms with E-state index in [0.29, 0.717) is 54.2 Å². The topological polar surface area (TPSA) is 122 Å². The summed E-state index contributed by atoms with van der Waals surface area (Å²) in [6.07, 6.45) is 2.92. The van der Waals surface area contributed by atoms with Gasteiger partial charge in [-0.1, -0.05) is 12.1 Å². The molecule has 2 fully saturated rings. The van der Waals surface area contributed by atoms with Gasteiger partial charge in [-0.05, 0) is 72.1 Å². The van der Waals surface area contributed by atoms with Gasteiger partial charge in [-0.2, -0.15) is 0 Å².